The van der Waals surface area contributed by atoms with E-state index in [1.807, 2.05) is 0 Å². The van der Waals surface area contributed by atoms with Crippen LogP contribution in [0.1, 0.15) is 21.5 Å². The molecule has 0 saturated heterocycles. The highest BCUT2D eigenvalue weighted by Crippen LogP contribution is 2.31. The molecule has 1 amide bonds. The molecule has 0 spiro atoms. The van der Waals surface area contributed by atoms with Crippen LogP contribution in [0.4, 0.5) is 18.9 Å². The third kappa shape index (κ3) is 3.75. The molecule has 21 heavy (non-hydrogen) atoms. The zero-order valence-electron chi connectivity index (χ0n) is 10.9. The van der Waals surface area contributed by atoms with Gasteiger partial charge in [0.15, 0.2) is 0 Å². The molecule has 2 rings (SSSR count). The van der Waals surface area contributed by atoms with E-state index in [2.05, 4.69) is 11.4 Å². The number of nitrogens with two attached hydrogens (primary N) is 1. The predicted octanol–water partition coefficient (Wildman–Crippen LogP) is 3.02. The van der Waals surface area contributed by atoms with E-state index in [1.165, 1.54) is 36.4 Å². The second-order valence-electron chi connectivity index (χ2n) is 4.39. The third-order valence-electron chi connectivity index (χ3n) is 2.84. The molecule has 0 aromatic heterocycles. The third-order valence-corrected chi connectivity index (χ3v) is 2.84. The van der Waals surface area contributed by atoms with Crippen LogP contribution in [0.5, 0.6) is 0 Å². The number of alkyl halides is 3. The molecule has 0 aliphatic rings. The first kappa shape index (κ1) is 14.9. The van der Waals surface area contributed by atoms with Gasteiger partial charge in [0, 0.05) is 17.8 Å². The molecule has 3 nitrogen and oxygen atoms in total. The Bertz CT molecular complexity index is 653. The maximum absolute atomic E-state index is 12.8. The van der Waals surface area contributed by atoms with Gasteiger partial charge in [-0.15, -0.1) is 0 Å². The van der Waals surface area contributed by atoms with Crippen molar-refractivity contribution in [3.05, 3.63) is 65.2 Å². The van der Waals surface area contributed by atoms with Gasteiger partial charge in [-0.3, -0.25) is 4.79 Å². The van der Waals surface area contributed by atoms with Crippen molar-refractivity contribution >= 4 is 11.6 Å². The molecular formula is C15H12F3N2O. The van der Waals surface area contributed by atoms with Gasteiger partial charge in [-0.25, -0.2) is 0 Å². The van der Waals surface area contributed by atoms with Gasteiger partial charge in [-0.05, 0) is 35.9 Å². The number of hydrogen-bond donors (Lipinski definition) is 2. The maximum Gasteiger partial charge on any atom is 0.416 e. The Kier molecular flexibility index (Phi) is 4.16. The molecule has 1 radical (unpaired) electrons. The van der Waals surface area contributed by atoms with Crippen LogP contribution in [0, 0.1) is 6.07 Å². The van der Waals surface area contributed by atoms with Gasteiger partial charge >= 0.3 is 6.18 Å². The van der Waals surface area contributed by atoms with Crippen molar-refractivity contribution in [2.75, 3.05) is 5.73 Å². The smallest absolute Gasteiger partial charge is 0.399 e. The van der Waals surface area contributed by atoms with Crippen molar-refractivity contribution in [2.24, 2.45) is 0 Å². The number of carbonyl (C=O) groups excluding carboxylic acids is 1. The Morgan fingerprint density at radius 1 is 1.24 bits per heavy atom. The summed E-state index contributed by atoms with van der Waals surface area (Å²) >= 11 is 0. The number of carbonyl (C=O) groups is 1. The van der Waals surface area contributed by atoms with Crippen LogP contribution in [0.25, 0.3) is 0 Å². The average molecular weight is 293 g/mol. The van der Waals surface area contributed by atoms with E-state index in [4.69, 9.17) is 5.73 Å². The monoisotopic (exact) mass is 293 g/mol. The Morgan fingerprint density at radius 3 is 2.62 bits per heavy atom. The number of nitrogen functional groups attached to an aromatic ring is 1. The minimum Gasteiger partial charge on any atom is -0.399 e. The van der Waals surface area contributed by atoms with E-state index < -0.39 is 17.6 Å². The van der Waals surface area contributed by atoms with Crippen molar-refractivity contribution < 1.29 is 18.0 Å². The Balaban J connectivity index is 2.12. The van der Waals surface area contributed by atoms with E-state index in [0.717, 1.165) is 6.07 Å². The van der Waals surface area contributed by atoms with Gasteiger partial charge in [0.25, 0.3) is 5.91 Å². The lowest BCUT2D eigenvalue weighted by Crippen LogP contribution is -2.24. The largest absolute Gasteiger partial charge is 0.416 e. The molecule has 6 heteroatoms. The van der Waals surface area contributed by atoms with Crippen molar-refractivity contribution in [3.8, 4) is 0 Å². The van der Waals surface area contributed by atoms with E-state index in [9.17, 15) is 18.0 Å². The number of hydrogen-bond acceptors (Lipinski definition) is 2. The summed E-state index contributed by atoms with van der Waals surface area (Å²) in [6, 6.07) is 12.1. The van der Waals surface area contributed by atoms with Crippen LogP contribution in [0.3, 0.4) is 0 Å². The van der Waals surface area contributed by atoms with Crippen LogP contribution in [-0.2, 0) is 12.7 Å². The molecule has 2 aromatic rings. The predicted molar refractivity (Wildman–Crippen MR) is 72.3 cm³/mol. The minimum atomic E-state index is -4.45. The molecule has 0 aliphatic carbocycles. The minimum absolute atomic E-state index is 0.00577. The SMILES string of the molecule is Nc1c[c]cc(C(=O)NCc2ccccc2C(F)(F)F)c1. The summed E-state index contributed by atoms with van der Waals surface area (Å²) in [5.41, 5.74) is 5.38. The van der Waals surface area contributed by atoms with Crippen molar-refractivity contribution in [3.63, 3.8) is 0 Å². The molecule has 3 N–H and O–H groups in total. The fourth-order valence-electron chi connectivity index (χ4n) is 1.85. The summed E-state index contributed by atoms with van der Waals surface area (Å²) in [6.45, 7) is -0.219. The van der Waals surface area contributed by atoms with Crippen LogP contribution in [-0.4, -0.2) is 5.91 Å². The van der Waals surface area contributed by atoms with E-state index >= 15 is 0 Å². The van der Waals surface area contributed by atoms with Gasteiger partial charge in [-0.1, -0.05) is 18.2 Å². The molecule has 2 aromatic carbocycles. The van der Waals surface area contributed by atoms with Crippen LogP contribution in [0.15, 0.2) is 42.5 Å². The molecule has 0 heterocycles. The van der Waals surface area contributed by atoms with E-state index in [0.29, 0.717) is 5.69 Å². The maximum atomic E-state index is 12.8. The Morgan fingerprint density at radius 2 is 1.95 bits per heavy atom. The summed E-state index contributed by atoms with van der Waals surface area (Å²) in [7, 11) is 0. The molecule has 0 saturated carbocycles. The molecule has 0 bridgehead atoms. The molecule has 109 valence electrons. The Hall–Kier alpha value is -2.50. The van der Waals surface area contributed by atoms with Gasteiger partial charge in [-0.2, -0.15) is 13.2 Å². The summed E-state index contributed by atoms with van der Waals surface area (Å²) in [6.07, 6.45) is -4.45. The number of amides is 1. The highest BCUT2D eigenvalue weighted by Gasteiger charge is 2.32. The van der Waals surface area contributed by atoms with Crippen molar-refractivity contribution in [1.29, 1.82) is 0 Å². The summed E-state index contributed by atoms with van der Waals surface area (Å²) < 4.78 is 38.4. The summed E-state index contributed by atoms with van der Waals surface area (Å²) in [5, 5.41) is 2.44. The van der Waals surface area contributed by atoms with Gasteiger partial charge < -0.3 is 11.1 Å². The average Bonchev–Trinajstić information content (AvgIpc) is 2.44. The number of rotatable bonds is 3. The fourth-order valence-corrected chi connectivity index (χ4v) is 1.85. The van der Waals surface area contributed by atoms with Gasteiger partial charge in [0.05, 0.1) is 5.56 Å². The van der Waals surface area contributed by atoms with E-state index in [-0.39, 0.29) is 17.7 Å². The normalized spacial score (nSPS) is 11.2. The second-order valence-corrected chi connectivity index (χ2v) is 4.39. The standard InChI is InChI=1S/C15H12F3N2O/c16-15(17,18)13-7-2-1-4-11(13)9-20-14(21)10-5-3-6-12(19)8-10/h1-2,4-8H,9,19H2,(H,20,21). The Labute approximate surface area is 119 Å². The molecule has 0 aliphatic heterocycles. The lowest BCUT2D eigenvalue weighted by Gasteiger charge is -2.13. The second kappa shape index (κ2) is 5.87. The van der Waals surface area contributed by atoms with Gasteiger partial charge in [0.1, 0.15) is 0 Å². The quantitative estimate of drug-likeness (QED) is 0.855. The van der Waals surface area contributed by atoms with E-state index in [1.54, 1.807) is 0 Å². The molecule has 0 atom stereocenters. The molecule has 0 fully saturated rings. The highest BCUT2D eigenvalue weighted by molar-refractivity contribution is 5.94. The van der Waals surface area contributed by atoms with Crippen LogP contribution >= 0.6 is 0 Å². The molecule has 0 unspecified atom stereocenters. The number of anilines is 1. The highest BCUT2D eigenvalue weighted by atomic mass is 19.4. The number of halogens is 3. The van der Waals surface area contributed by atoms with Crippen molar-refractivity contribution in [1.82, 2.24) is 5.32 Å². The zero-order valence-corrected chi connectivity index (χ0v) is 10.9. The van der Waals surface area contributed by atoms with Crippen LogP contribution < -0.4 is 11.1 Å². The lowest BCUT2D eigenvalue weighted by molar-refractivity contribution is -0.138. The first-order valence-corrected chi connectivity index (χ1v) is 6.08. The molecular weight excluding hydrogens is 281 g/mol. The fraction of sp³-hybridized carbons (Fsp3) is 0.133. The summed E-state index contributed by atoms with van der Waals surface area (Å²) in [4.78, 5) is 11.9. The van der Waals surface area contributed by atoms with Crippen molar-refractivity contribution in [2.45, 2.75) is 12.7 Å². The summed E-state index contributed by atoms with van der Waals surface area (Å²) in [5.74, 6) is -0.504. The van der Waals surface area contributed by atoms with Gasteiger partial charge in [0.2, 0.25) is 0 Å². The topological polar surface area (TPSA) is 55.1 Å². The number of benzene rings is 2. The first-order chi connectivity index (χ1) is 9.88. The first-order valence-electron chi connectivity index (χ1n) is 6.08. The zero-order chi connectivity index (χ0) is 15.5. The number of nitrogens with one attached hydrogen (secondary N) is 1. The lowest BCUT2D eigenvalue weighted by atomic mass is 10.1. The van der Waals surface area contributed by atoms with Crippen LogP contribution in [0.2, 0.25) is 0 Å².